The number of hydrogen-bond acceptors (Lipinski definition) is 4. The first kappa shape index (κ1) is 22.7. The van der Waals surface area contributed by atoms with E-state index in [2.05, 4.69) is 21.0 Å². The van der Waals surface area contributed by atoms with Crippen molar-refractivity contribution in [1.29, 1.82) is 0 Å². The molecule has 1 aromatic carbocycles. The number of alkyl halides is 2. The number of aromatic nitrogens is 4. The fraction of sp³-hybridized carbons (Fsp3) is 0.391. The molecule has 1 saturated heterocycles. The molecule has 180 valence electrons. The Bertz CT molecular complexity index is 1420. The number of rotatable bonds is 6. The van der Waals surface area contributed by atoms with E-state index in [1.807, 2.05) is 34.9 Å². The Labute approximate surface area is 195 Å². The van der Waals surface area contributed by atoms with Crippen molar-refractivity contribution >= 4 is 32.3 Å². The van der Waals surface area contributed by atoms with E-state index < -0.39 is 28.1 Å². The largest absolute Gasteiger partial charge is 0.380 e. The van der Waals surface area contributed by atoms with E-state index in [1.165, 1.54) is 4.31 Å². The van der Waals surface area contributed by atoms with Gasteiger partial charge in [0.1, 0.15) is 6.20 Å². The van der Waals surface area contributed by atoms with E-state index in [0.717, 1.165) is 40.6 Å². The Morgan fingerprint density at radius 1 is 1.24 bits per heavy atom. The number of hydrogen-bond donors (Lipinski definition) is 3. The quantitative estimate of drug-likeness (QED) is 0.360. The lowest BCUT2D eigenvalue weighted by atomic mass is 9.97. The van der Waals surface area contributed by atoms with Crippen LogP contribution in [0.3, 0.4) is 0 Å². The Balaban J connectivity index is 1.44. The Morgan fingerprint density at radius 3 is 2.68 bits per heavy atom. The number of piperidine rings is 1. The molecule has 0 bridgehead atoms. The SMILES string of the molecule is CC(F)(F)CCS(=O)(=O)N1CCC(c2[nH]c(-c3cc4ccccc4[nH]3)c3c(N)ncc[n+]23)CC1. The molecule has 1 fully saturated rings. The number of nitrogens with two attached hydrogens (primary N) is 1. The predicted molar refractivity (Wildman–Crippen MR) is 126 cm³/mol. The van der Waals surface area contributed by atoms with Crippen molar-refractivity contribution in [3.63, 3.8) is 0 Å². The summed E-state index contributed by atoms with van der Waals surface area (Å²) in [6.45, 7) is 1.31. The third kappa shape index (κ3) is 4.25. The normalized spacial score (nSPS) is 16.6. The average Bonchev–Trinajstić information content (AvgIpc) is 3.40. The topological polar surface area (TPSA) is 112 Å². The number of nitrogens with zero attached hydrogens (tertiary/aromatic N) is 3. The van der Waals surface area contributed by atoms with Crippen molar-refractivity contribution in [3.05, 3.63) is 48.5 Å². The van der Waals surface area contributed by atoms with Crippen LogP contribution in [0.15, 0.2) is 42.7 Å². The summed E-state index contributed by atoms with van der Waals surface area (Å²) in [6, 6.07) is 10.0. The molecule has 1 aliphatic rings. The highest BCUT2D eigenvalue weighted by Crippen LogP contribution is 2.33. The Kier molecular flexibility index (Phi) is 5.56. The fourth-order valence-electron chi connectivity index (χ4n) is 4.68. The number of nitrogens with one attached hydrogen (secondary N) is 2. The van der Waals surface area contributed by atoms with Gasteiger partial charge in [-0.2, -0.15) is 4.40 Å². The molecule has 4 aromatic rings. The molecular weight excluding hydrogens is 462 g/mol. The molecular formula is C23H27F2N6O2S+. The summed E-state index contributed by atoms with van der Waals surface area (Å²) in [5, 5.41) is 1.07. The summed E-state index contributed by atoms with van der Waals surface area (Å²) < 4.78 is 54.8. The number of aromatic amines is 2. The molecule has 8 nitrogen and oxygen atoms in total. The van der Waals surface area contributed by atoms with E-state index in [0.29, 0.717) is 18.7 Å². The number of fused-ring (bicyclic) bond motifs is 2. The molecule has 0 saturated carbocycles. The first-order valence-corrected chi connectivity index (χ1v) is 12.8. The molecule has 34 heavy (non-hydrogen) atoms. The summed E-state index contributed by atoms with van der Waals surface area (Å²) in [4.78, 5) is 11.2. The van der Waals surface area contributed by atoms with Gasteiger partial charge in [-0.3, -0.25) is 0 Å². The van der Waals surface area contributed by atoms with Gasteiger partial charge in [-0.25, -0.2) is 31.5 Å². The zero-order valence-corrected chi connectivity index (χ0v) is 19.6. The first-order valence-electron chi connectivity index (χ1n) is 11.2. The van der Waals surface area contributed by atoms with E-state index in [-0.39, 0.29) is 19.0 Å². The molecule has 0 spiro atoms. The molecule has 0 aliphatic carbocycles. The number of para-hydroxylation sites is 1. The van der Waals surface area contributed by atoms with Crippen LogP contribution < -0.4 is 10.1 Å². The summed E-state index contributed by atoms with van der Waals surface area (Å²) in [7, 11) is -3.72. The predicted octanol–water partition coefficient (Wildman–Crippen LogP) is 3.43. The molecule has 11 heteroatoms. The molecule has 0 unspecified atom stereocenters. The maximum Gasteiger partial charge on any atom is 0.263 e. The molecule has 5 rings (SSSR count). The molecule has 3 aromatic heterocycles. The van der Waals surface area contributed by atoms with E-state index in [4.69, 9.17) is 5.73 Å². The molecule has 0 amide bonds. The maximum atomic E-state index is 13.2. The number of halogens is 2. The number of imidazole rings is 1. The second-order valence-corrected chi connectivity index (χ2v) is 11.1. The van der Waals surface area contributed by atoms with Gasteiger partial charge < -0.3 is 10.7 Å². The van der Waals surface area contributed by atoms with Gasteiger partial charge in [-0.05, 0) is 31.9 Å². The minimum Gasteiger partial charge on any atom is -0.380 e. The highest BCUT2D eigenvalue weighted by Gasteiger charge is 2.36. The highest BCUT2D eigenvalue weighted by molar-refractivity contribution is 7.89. The number of nitrogen functional groups attached to an aromatic ring is 1. The standard InChI is InChI=1S/C23H26F2N6O2S/c1-23(24,25)8-13-34(32,33)30-10-6-15(7-11-30)22-29-19(20-21(26)27-9-12-31(20)22)18-14-16-4-2-3-5-17(16)28-18/h2-5,9,12,14-15H,6-8,10-11,13H2,1H3,(H3,26,27,28)/p+1. The van der Waals surface area contributed by atoms with Crippen LogP contribution in [-0.4, -0.2) is 52.4 Å². The summed E-state index contributed by atoms with van der Waals surface area (Å²) in [5.41, 5.74) is 9.72. The number of sulfonamides is 1. The zero-order chi connectivity index (χ0) is 24.1. The minimum atomic E-state index is -3.72. The van der Waals surface area contributed by atoms with Crippen LogP contribution in [0.2, 0.25) is 0 Å². The van der Waals surface area contributed by atoms with Crippen molar-refractivity contribution in [1.82, 2.24) is 19.3 Å². The summed E-state index contributed by atoms with van der Waals surface area (Å²) in [6.07, 6.45) is 3.94. The van der Waals surface area contributed by atoms with Gasteiger partial charge in [0.15, 0.2) is 11.5 Å². The maximum absolute atomic E-state index is 13.2. The number of anilines is 1. The number of benzene rings is 1. The minimum absolute atomic E-state index is 0.0477. The fourth-order valence-corrected chi connectivity index (χ4v) is 6.32. The third-order valence-electron chi connectivity index (χ3n) is 6.49. The van der Waals surface area contributed by atoms with Gasteiger partial charge in [-0.15, -0.1) is 0 Å². The highest BCUT2D eigenvalue weighted by atomic mass is 32.2. The monoisotopic (exact) mass is 489 g/mol. The van der Waals surface area contributed by atoms with Crippen molar-refractivity contribution in [2.45, 2.75) is 38.0 Å². The van der Waals surface area contributed by atoms with Gasteiger partial charge in [0.25, 0.3) is 5.82 Å². The average molecular weight is 490 g/mol. The van der Waals surface area contributed by atoms with Crippen molar-refractivity contribution in [2.24, 2.45) is 0 Å². The lowest BCUT2D eigenvalue weighted by Gasteiger charge is -2.29. The second kappa shape index (κ2) is 8.31. The number of H-pyrrole nitrogens is 2. The van der Waals surface area contributed by atoms with Crippen LogP contribution in [0, 0.1) is 0 Å². The van der Waals surface area contributed by atoms with Crippen LogP contribution in [0.4, 0.5) is 14.6 Å². The molecule has 1 aliphatic heterocycles. The lowest BCUT2D eigenvalue weighted by molar-refractivity contribution is -0.523. The molecule has 0 radical (unpaired) electrons. The Morgan fingerprint density at radius 2 is 1.97 bits per heavy atom. The van der Waals surface area contributed by atoms with Crippen LogP contribution >= 0.6 is 0 Å². The molecule has 4 N–H and O–H groups in total. The van der Waals surface area contributed by atoms with Crippen molar-refractivity contribution < 1.29 is 21.6 Å². The summed E-state index contributed by atoms with van der Waals surface area (Å²) in [5.74, 6) is -2.20. The van der Waals surface area contributed by atoms with Gasteiger partial charge in [0.05, 0.1) is 23.6 Å². The van der Waals surface area contributed by atoms with Crippen LogP contribution in [0.1, 0.15) is 37.9 Å². The zero-order valence-electron chi connectivity index (χ0n) is 18.8. The van der Waals surface area contributed by atoms with Crippen LogP contribution in [0.25, 0.3) is 27.8 Å². The first-order chi connectivity index (χ1) is 16.1. The van der Waals surface area contributed by atoms with Gasteiger partial charge >= 0.3 is 0 Å². The molecule has 4 heterocycles. The smallest absolute Gasteiger partial charge is 0.263 e. The third-order valence-corrected chi connectivity index (χ3v) is 8.37. The van der Waals surface area contributed by atoms with Gasteiger partial charge in [0, 0.05) is 30.4 Å². The summed E-state index contributed by atoms with van der Waals surface area (Å²) >= 11 is 0. The second-order valence-electron chi connectivity index (χ2n) is 9.00. The van der Waals surface area contributed by atoms with E-state index >= 15 is 0 Å². The Hall–Kier alpha value is -3.05. The van der Waals surface area contributed by atoms with Crippen molar-refractivity contribution in [3.8, 4) is 11.4 Å². The van der Waals surface area contributed by atoms with Gasteiger partial charge in [0.2, 0.25) is 21.5 Å². The van der Waals surface area contributed by atoms with Crippen LogP contribution in [0.5, 0.6) is 0 Å². The van der Waals surface area contributed by atoms with Gasteiger partial charge in [-0.1, -0.05) is 18.2 Å². The van der Waals surface area contributed by atoms with Crippen molar-refractivity contribution in [2.75, 3.05) is 24.6 Å². The van der Waals surface area contributed by atoms with E-state index in [1.54, 1.807) is 6.20 Å². The molecule has 0 atom stereocenters. The van der Waals surface area contributed by atoms with Crippen LogP contribution in [-0.2, 0) is 10.0 Å². The van der Waals surface area contributed by atoms with E-state index in [9.17, 15) is 17.2 Å². The lowest BCUT2D eigenvalue weighted by Crippen LogP contribution is -2.41.